The predicted octanol–water partition coefficient (Wildman–Crippen LogP) is 0.683. The van der Waals surface area contributed by atoms with E-state index in [4.69, 9.17) is 5.11 Å². The third kappa shape index (κ3) is 1.27. The van der Waals surface area contributed by atoms with E-state index in [9.17, 15) is 0 Å². The molecular weight excluding hydrogens is 114 g/mol. The lowest BCUT2D eigenvalue weighted by molar-refractivity contribution is 0.276. The zero-order valence-electron chi connectivity index (χ0n) is 5.26. The first-order valence-corrected chi connectivity index (χ1v) is 2.77. The number of hydrogen-bond donors (Lipinski definition) is 1. The first kappa shape index (κ1) is 6.23. The number of aliphatic hydroxyl groups is 1. The van der Waals surface area contributed by atoms with Crippen molar-refractivity contribution in [2.75, 3.05) is 0 Å². The van der Waals surface area contributed by atoms with Crippen molar-refractivity contribution in [1.29, 1.82) is 0 Å². The molecule has 2 nitrogen and oxygen atoms in total. The maximum absolute atomic E-state index is 8.64. The van der Waals surface area contributed by atoms with Crippen LogP contribution in [0.1, 0.15) is 11.3 Å². The minimum atomic E-state index is 0.0144. The Hall–Kier alpha value is -0.890. The fourth-order valence-electron chi connectivity index (χ4n) is 0.628. The van der Waals surface area contributed by atoms with Crippen molar-refractivity contribution in [2.24, 2.45) is 0 Å². The van der Waals surface area contributed by atoms with Crippen LogP contribution in [-0.4, -0.2) is 10.1 Å². The van der Waals surface area contributed by atoms with Crippen molar-refractivity contribution in [3.8, 4) is 0 Å². The van der Waals surface area contributed by atoms with E-state index in [0.717, 1.165) is 11.3 Å². The van der Waals surface area contributed by atoms with Gasteiger partial charge in [-0.15, -0.1) is 0 Å². The normalized spacial score (nSPS) is 9.56. The maximum Gasteiger partial charge on any atom is 0.0855 e. The van der Waals surface area contributed by atoms with Crippen molar-refractivity contribution in [3.05, 3.63) is 29.6 Å². The molecule has 0 aliphatic heterocycles. The van der Waals surface area contributed by atoms with Crippen molar-refractivity contribution in [2.45, 2.75) is 13.5 Å². The Morgan fingerprint density at radius 1 is 1.78 bits per heavy atom. The average Bonchev–Trinajstić information content (AvgIpc) is 1.89. The van der Waals surface area contributed by atoms with Crippen LogP contribution in [0.5, 0.6) is 0 Å². The van der Waals surface area contributed by atoms with E-state index in [0.29, 0.717) is 0 Å². The van der Waals surface area contributed by atoms with Crippen LogP contribution in [0.2, 0.25) is 0 Å². The molecule has 0 spiro atoms. The van der Waals surface area contributed by atoms with Gasteiger partial charge in [-0.3, -0.25) is 4.98 Å². The van der Waals surface area contributed by atoms with Gasteiger partial charge in [-0.25, -0.2) is 0 Å². The van der Waals surface area contributed by atoms with E-state index in [1.54, 1.807) is 12.3 Å². The Bertz CT molecular complexity index is 198. The summed E-state index contributed by atoms with van der Waals surface area (Å²) in [5, 5.41) is 8.64. The van der Waals surface area contributed by atoms with Crippen LogP contribution in [0.15, 0.2) is 12.3 Å². The molecule has 0 aromatic carbocycles. The monoisotopic (exact) mass is 122 g/mol. The van der Waals surface area contributed by atoms with E-state index in [2.05, 4.69) is 11.1 Å². The number of rotatable bonds is 1. The third-order valence-electron chi connectivity index (χ3n) is 1.20. The summed E-state index contributed by atoms with van der Waals surface area (Å²) in [5.41, 5.74) is 1.72. The fraction of sp³-hybridized carbons (Fsp3) is 0.286. The van der Waals surface area contributed by atoms with Gasteiger partial charge in [0.05, 0.1) is 12.3 Å². The molecular formula is C7H8NO. The zero-order chi connectivity index (χ0) is 6.69. The molecule has 1 heterocycles. The number of nitrogens with zero attached hydrogens (tertiary/aromatic N) is 1. The summed E-state index contributed by atoms with van der Waals surface area (Å²) in [6.45, 7) is 1.91. The van der Waals surface area contributed by atoms with Crippen LogP contribution in [0, 0.1) is 13.0 Å². The Balaban J connectivity index is 3.01. The Morgan fingerprint density at radius 3 is 3.00 bits per heavy atom. The zero-order valence-corrected chi connectivity index (χ0v) is 5.26. The first-order valence-electron chi connectivity index (χ1n) is 2.77. The molecule has 1 rings (SSSR count). The third-order valence-corrected chi connectivity index (χ3v) is 1.20. The summed E-state index contributed by atoms with van der Waals surface area (Å²) >= 11 is 0. The topological polar surface area (TPSA) is 33.1 Å². The lowest BCUT2D eigenvalue weighted by Crippen LogP contribution is -1.90. The predicted molar refractivity (Wildman–Crippen MR) is 33.7 cm³/mol. The van der Waals surface area contributed by atoms with Gasteiger partial charge in [0.1, 0.15) is 0 Å². The largest absolute Gasteiger partial charge is 0.390 e. The molecule has 0 unspecified atom stereocenters. The van der Waals surface area contributed by atoms with Gasteiger partial charge in [0.25, 0.3) is 0 Å². The molecule has 9 heavy (non-hydrogen) atoms. The molecule has 0 fully saturated rings. The van der Waals surface area contributed by atoms with Crippen LogP contribution >= 0.6 is 0 Å². The molecule has 1 radical (unpaired) electrons. The summed E-state index contributed by atoms with van der Waals surface area (Å²) in [6.07, 6.45) is 1.55. The summed E-state index contributed by atoms with van der Waals surface area (Å²) in [7, 11) is 0. The maximum atomic E-state index is 8.64. The van der Waals surface area contributed by atoms with E-state index in [-0.39, 0.29) is 6.61 Å². The van der Waals surface area contributed by atoms with E-state index >= 15 is 0 Å². The molecule has 47 valence electrons. The van der Waals surface area contributed by atoms with Gasteiger partial charge in [0.15, 0.2) is 0 Å². The van der Waals surface area contributed by atoms with Crippen molar-refractivity contribution in [1.82, 2.24) is 4.98 Å². The quantitative estimate of drug-likeness (QED) is 0.594. The van der Waals surface area contributed by atoms with E-state index in [1.807, 2.05) is 6.92 Å². The van der Waals surface area contributed by atoms with Crippen LogP contribution in [0.4, 0.5) is 0 Å². The van der Waals surface area contributed by atoms with Crippen molar-refractivity contribution < 1.29 is 5.11 Å². The minimum Gasteiger partial charge on any atom is -0.390 e. The van der Waals surface area contributed by atoms with E-state index in [1.165, 1.54) is 0 Å². The number of aryl methyl sites for hydroxylation is 1. The number of hydrogen-bond acceptors (Lipinski definition) is 2. The molecule has 1 N–H and O–H groups in total. The van der Waals surface area contributed by atoms with E-state index < -0.39 is 0 Å². The Kier molecular flexibility index (Phi) is 1.80. The highest BCUT2D eigenvalue weighted by Gasteiger charge is 1.92. The molecule has 2 heteroatoms. The molecule has 0 bridgehead atoms. The standard InChI is InChI=1S/C7H8NO/c1-6-3-2-4-8-7(6)5-9/h3-4,9H,5H2,1H3. The average molecular weight is 122 g/mol. The molecule has 0 atom stereocenters. The Morgan fingerprint density at radius 2 is 2.56 bits per heavy atom. The number of aliphatic hydroxyl groups excluding tert-OH is 1. The van der Waals surface area contributed by atoms with Crippen LogP contribution < -0.4 is 0 Å². The van der Waals surface area contributed by atoms with Crippen molar-refractivity contribution in [3.63, 3.8) is 0 Å². The van der Waals surface area contributed by atoms with Gasteiger partial charge in [-0.1, -0.05) is 0 Å². The second kappa shape index (κ2) is 2.60. The molecule has 0 amide bonds. The van der Waals surface area contributed by atoms with Gasteiger partial charge in [-0.05, 0) is 18.6 Å². The molecule has 0 saturated carbocycles. The SMILES string of the molecule is Cc1c[c]cnc1CO. The summed E-state index contributed by atoms with van der Waals surface area (Å²) in [6, 6.07) is 4.62. The van der Waals surface area contributed by atoms with Crippen LogP contribution in [0.3, 0.4) is 0 Å². The highest BCUT2D eigenvalue weighted by atomic mass is 16.3. The Labute approximate surface area is 54.2 Å². The second-order valence-corrected chi connectivity index (χ2v) is 1.86. The summed E-state index contributed by atoms with van der Waals surface area (Å²) in [4.78, 5) is 3.89. The lowest BCUT2D eigenvalue weighted by atomic mass is 10.2. The molecule has 1 aromatic rings. The van der Waals surface area contributed by atoms with Gasteiger partial charge in [0, 0.05) is 12.3 Å². The smallest absolute Gasteiger partial charge is 0.0855 e. The number of aromatic nitrogens is 1. The molecule has 0 aliphatic rings. The molecule has 1 aromatic heterocycles. The van der Waals surface area contributed by atoms with Gasteiger partial charge in [0.2, 0.25) is 0 Å². The van der Waals surface area contributed by atoms with Gasteiger partial charge >= 0.3 is 0 Å². The summed E-state index contributed by atoms with van der Waals surface area (Å²) < 4.78 is 0. The van der Waals surface area contributed by atoms with Crippen LogP contribution in [0.25, 0.3) is 0 Å². The lowest BCUT2D eigenvalue weighted by Gasteiger charge is -1.96. The minimum absolute atomic E-state index is 0.0144. The van der Waals surface area contributed by atoms with Gasteiger partial charge < -0.3 is 5.11 Å². The second-order valence-electron chi connectivity index (χ2n) is 1.86. The number of pyridine rings is 1. The highest BCUT2D eigenvalue weighted by molar-refractivity contribution is 5.15. The summed E-state index contributed by atoms with van der Waals surface area (Å²) in [5.74, 6) is 0. The highest BCUT2D eigenvalue weighted by Crippen LogP contribution is 2.00. The molecule has 0 saturated heterocycles. The fourth-order valence-corrected chi connectivity index (χ4v) is 0.628. The van der Waals surface area contributed by atoms with Gasteiger partial charge in [-0.2, -0.15) is 0 Å². The molecule has 0 aliphatic carbocycles. The first-order chi connectivity index (χ1) is 4.34. The van der Waals surface area contributed by atoms with Crippen molar-refractivity contribution >= 4 is 0 Å². The van der Waals surface area contributed by atoms with Crippen LogP contribution in [-0.2, 0) is 6.61 Å².